The van der Waals surface area contributed by atoms with E-state index in [0.717, 1.165) is 118 Å². The van der Waals surface area contributed by atoms with Gasteiger partial charge in [-0.2, -0.15) is 0 Å². The van der Waals surface area contributed by atoms with Crippen LogP contribution in [0.25, 0.3) is 0 Å². The summed E-state index contributed by atoms with van der Waals surface area (Å²) in [5.74, 6) is 9.23. The number of ketones is 1. The summed E-state index contributed by atoms with van der Waals surface area (Å²) in [6.45, 7) is 5.10. The summed E-state index contributed by atoms with van der Waals surface area (Å²) in [5.41, 5.74) is 15.5. The van der Waals surface area contributed by atoms with E-state index < -0.39 is 0 Å². The number of aromatic hydroxyl groups is 2. The molecule has 7 aliphatic rings. The zero-order chi connectivity index (χ0) is 50.5. The average Bonchev–Trinajstić information content (AvgIpc) is 3.90. The summed E-state index contributed by atoms with van der Waals surface area (Å²) >= 11 is 0. The van der Waals surface area contributed by atoms with Crippen LogP contribution in [0.5, 0.6) is 17.2 Å². The first kappa shape index (κ1) is 51.4. The number of aryl methyl sites for hydroxylation is 1. The van der Waals surface area contributed by atoms with Crippen molar-refractivity contribution in [1.29, 1.82) is 0 Å². The molecule has 3 aromatic rings. The Bertz CT molecular complexity index is 2590. The Morgan fingerprint density at radius 1 is 0.945 bits per heavy atom. The van der Waals surface area contributed by atoms with Crippen LogP contribution in [0.3, 0.4) is 0 Å². The van der Waals surface area contributed by atoms with Gasteiger partial charge < -0.3 is 35.8 Å². The number of hydrogen-bond donors (Lipinski definition) is 5. The maximum absolute atomic E-state index is 13.8. The number of fused-ring (bicyclic) bond motifs is 11. The first-order chi connectivity index (χ1) is 35.6. The highest BCUT2D eigenvalue weighted by atomic mass is 16.5. The van der Waals surface area contributed by atoms with Gasteiger partial charge in [-0.15, -0.1) is 0 Å². The zero-order valence-electron chi connectivity index (χ0n) is 43.9. The van der Waals surface area contributed by atoms with Gasteiger partial charge in [-0.05, 0) is 178 Å². The van der Waals surface area contributed by atoms with Gasteiger partial charge in [0.2, 0.25) is 0 Å². The highest BCUT2D eigenvalue weighted by molar-refractivity contribution is 5.90. The lowest BCUT2D eigenvalue weighted by Gasteiger charge is -2.50. The van der Waals surface area contributed by atoms with Crippen LogP contribution >= 0.6 is 0 Å². The van der Waals surface area contributed by atoms with Crippen LogP contribution < -0.4 is 15.8 Å². The lowest BCUT2D eigenvalue weighted by Crippen LogP contribution is -2.50. The number of hydrogen-bond acceptors (Lipinski definition) is 9. The van der Waals surface area contributed by atoms with Crippen molar-refractivity contribution in [2.45, 2.75) is 197 Å². The van der Waals surface area contributed by atoms with Gasteiger partial charge in [-0.1, -0.05) is 112 Å². The second-order valence-corrected chi connectivity index (χ2v) is 23.5. The number of aliphatic hydroxyl groups excluding tert-OH is 1. The van der Waals surface area contributed by atoms with Gasteiger partial charge in [-0.3, -0.25) is 4.79 Å². The fraction of sp³-hybridized carbons (Fsp3) is 0.594. The van der Waals surface area contributed by atoms with Crippen molar-refractivity contribution in [2.75, 3.05) is 13.2 Å². The summed E-state index contributed by atoms with van der Waals surface area (Å²) in [5, 5.41) is 38.4. The number of carbonyl (C=O) groups is 1. The number of phenolic OH excluding ortho intramolecular Hbond substituents is 2. The molecule has 1 aliphatic heterocycles. The maximum atomic E-state index is 13.8. The number of allylic oxidation sites excluding steroid dienone is 4. The molecule has 0 amide bonds. The van der Waals surface area contributed by atoms with Crippen LogP contribution in [0.4, 0.5) is 0 Å². The summed E-state index contributed by atoms with van der Waals surface area (Å²) in [7, 11) is 0. The minimum Gasteiger partial charge on any atom is -0.508 e. The fourth-order valence-electron chi connectivity index (χ4n) is 14.6. The Labute approximate surface area is 435 Å². The Morgan fingerprint density at radius 2 is 1.73 bits per heavy atom. The quantitative estimate of drug-likeness (QED) is 0.0646. The molecule has 9 heteroatoms. The SMILES string of the molecule is CC[C@H](/C=C/C(=O)CCc1cc(OC2CCCC2)c(O)c2c1C#CC[C@H]1C[C@H]3C=C4[C@@H](C[C@H](C)C[C@@H]4[C@@H]2[C@@H]3COC2CCCCC2)c2cc(O)cc(c2)Cc2cccc(c2)C2(CCCCC2)NC(N)=N1)CCO. The summed E-state index contributed by atoms with van der Waals surface area (Å²) in [4.78, 5) is 19.3. The Hall–Kier alpha value is -5.04. The molecule has 6 N–H and O–H groups in total. The average molecular weight is 990 g/mol. The van der Waals surface area contributed by atoms with Gasteiger partial charge >= 0.3 is 0 Å². The standard InChI is InChI=1S/C64H83N3O6/c1-3-42(26-29-68)22-24-50(69)25-23-45-39-59(73-53-19-8-9-20-53)62(71)61-54(45)21-13-16-49-36-47-38-56-55(30-41(2)31-57(56)60(61)58(47)40-72-52-17-6-4-7-18-52)46-33-44(35-51(70)37-46)32-43-14-12-15-48(34-43)64(67-63(65)66-49)27-10-5-11-28-64/h12,14-15,22,24,33-35,37-39,41-42,47,49,52-53,55,57-58,60,68,70-71H,3-11,16-20,23,25-32,36,40H2,1-2H3,(H3,65,66,67)/b24-22+/t41-,42+,47-,49-,55-,57-,58+,60+/m0/s1. The molecule has 0 radical (unpaired) electrons. The fourth-order valence-corrected chi connectivity index (χ4v) is 14.6. The topological polar surface area (TPSA) is 147 Å². The first-order valence-electron chi connectivity index (χ1n) is 28.8. The highest BCUT2D eigenvalue weighted by Gasteiger charge is 2.49. The summed E-state index contributed by atoms with van der Waals surface area (Å²) < 4.78 is 14.1. The van der Waals surface area contributed by atoms with Crippen molar-refractivity contribution in [3.63, 3.8) is 0 Å². The molecule has 0 aromatic heterocycles. The highest BCUT2D eigenvalue weighted by Crippen LogP contribution is 2.60. The molecule has 10 rings (SSSR count). The van der Waals surface area contributed by atoms with Crippen molar-refractivity contribution in [3.05, 3.63) is 111 Å². The Kier molecular flexibility index (Phi) is 16.4. The molecule has 6 aliphatic carbocycles. The zero-order valence-corrected chi connectivity index (χ0v) is 43.9. The molecule has 0 saturated heterocycles. The largest absolute Gasteiger partial charge is 0.508 e. The predicted octanol–water partition coefficient (Wildman–Crippen LogP) is 12.5. The van der Waals surface area contributed by atoms with Crippen molar-refractivity contribution in [3.8, 4) is 29.1 Å². The van der Waals surface area contributed by atoms with Crippen molar-refractivity contribution < 1.29 is 29.6 Å². The van der Waals surface area contributed by atoms with Gasteiger partial charge in [0.15, 0.2) is 23.2 Å². The number of carbonyl (C=O) groups excluding carboxylic acids is 1. The van der Waals surface area contributed by atoms with E-state index >= 15 is 0 Å². The third-order valence-electron chi connectivity index (χ3n) is 18.4. The van der Waals surface area contributed by atoms with E-state index in [2.05, 4.69) is 67.4 Å². The van der Waals surface area contributed by atoms with E-state index in [0.29, 0.717) is 55.7 Å². The molecule has 1 heterocycles. The second kappa shape index (κ2) is 23.2. The van der Waals surface area contributed by atoms with Crippen molar-refractivity contribution in [1.82, 2.24) is 5.32 Å². The molecule has 4 fully saturated rings. The van der Waals surface area contributed by atoms with Crippen molar-refractivity contribution >= 4 is 11.7 Å². The third-order valence-corrected chi connectivity index (χ3v) is 18.4. The van der Waals surface area contributed by atoms with Crippen LogP contribution in [0.1, 0.15) is 199 Å². The van der Waals surface area contributed by atoms with Crippen LogP contribution in [-0.2, 0) is 27.9 Å². The van der Waals surface area contributed by atoms with Crippen LogP contribution in [-0.4, -0.2) is 58.5 Å². The van der Waals surface area contributed by atoms with Gasteiger partial charge in [0, 0.05) is 42.4 Å². The monoisotopic (exact) mass is 990 g/mol. The molecule has 73 heavy (non-hydrogen) atoms. The lowest BCUT2D eigenvalue weighted by molar-refractivity contribution is -0.114. The molecular weight excluding hydrogens is 907 g/mol. The predicted molar refractivity (Wildman–Crippen MR) is 291 cm³/mol. The van der Waals surface area contributed by atoms with Gasteiger partial charge in [-0.25, -0.2) is 4.99 Å². The molecule has 8 atom stereocenters. The molecule has 9 nitrogen and oxygen atoms in total. The third kappa shape index (κ3) is 11.8. The van der Waals surface area contributed by atoms with E-state index in [1.54, 1.807) is 6.08 Å². The normalized spacial score (nSPS) is 27.5. The van der Waals surface area contributed by atoms with Gasteiger partial charge in [0.1, 0.15) is 5.75 Å². The number of aliphatic hydroxyl groups is 1. The number of rotatable bonds is 13. The number of benzene rings is 3. The van der Waals surface area contributed by atoms with Gasteiger partial charge in [0.25, 0.3) is 0 Å². The number of guanidine groups is 1. The maximum Gasteiger partial charge on any atom is 0.189 e. The first-order valence-corrected chi connectivity index (χ1v) is 28.8. The van der Waals surface area contributed by atoms with Crippen LogP contribution in [0.15, 0.2) is 77.3 Å². The molecule has 1 spiro atoms. The molecule has 3 aromatic carbocycles. The smallest absolute Gasteiger partial charge is 0.189 e. The van der Waals surface area contributed by atoms with E-state index in [1.807, 2.05) is 24.3 Å². The number of ether oxygens (including phenoxy) is 2. The summed E-state index contributed by atoms with van der Waals surface area (Å²) in [6, 6.07) is 17.1. The lowest BCUT2D eigenvalue weighted by atomic mass is 9.55. The number of aliphatic imine (C=N–C) groups is 1. The van der Waals surface area contributed by atoms with Crippen LogP contribution in [0, 0.1) is 41.4 Å². The molecule has 4 saturated carbocycles. The molecule has 390 valence electrons. The Morgan fingerprint density at radius 3 is 2.52 bits per heavy atom. The molecular formula is C64H83N3O6. The van der Waals surface area contributed by atoms with E-state index in [4.69, 9.17) is 20.2 Å². The van der Waals surface area contributed by atoms with Gasteiger partial charge in [0.05, 0.1) is 30.4 Å². The molecule has 0 unspecified atom stereocenters. The van der Waals surface area contributed by atoms with E-state index in [1.165, 1.54) is 42.4 Å². The number of nitrogens with two attached hydrogens (primary N) is 1. The summed E-state index contributed by atoms with van der Waals surface area (Å²) in [6.07, 6.45) is 27.5. The second-order valence-electron chi connectivity index (χ2n) is 23.5. The minimum atomic E-state index is -0.361. The van der Waals surface area contributed by atoms with Crippen LogP contribution in [0.2, 0.25) is 0 Å². The number of nitrogens with one attached hydrogen (secondary N) is 1. The molecule has 8 bridgehead atoms. The van der Waals surface area contributed by atoms with Crippen molar-refractivity contribution in [2.24, 2.45) is 40.3 Å². The van der Waals surface area contributed by atoms with E-state index in [9.17, 15) is 20.1 Å². The Balaban J connectivity index is 1.18. The number of nitrogens with zero attached hydrogens (tertiary/aromatic N) is 1. The number of phenols is 2. The minimum absolute atomic E-state index is 0.00653. The van der Waals surface area contributed by atoms with E-state index in [-0.39, 0.29) is 83.9 Å².